The van der Waals surface area contributed by atoms with Gasteiger partial charge in [-0.15, -0.1) is 0 Å². The van der Waals surface area contributed by atoms with Crippen LogP contribution in [0.4, 0.5) is 0 Å². The molecule has 0 unspecified atom stereocenters. The van der Waals surface area contributed by atoms with Crippen LogP contribution in [0.3, 0.4) is 0 Å². The average Bonchev–Trinajstić information content (AvgIpc) is 2.40. The molecule has 0 saturated heterocycles. The van der Waals surface area contributed by atoms with E-state index in [-0.39, 0.29) is 11.2 Å². The van der Waals surface area contributed by atoms with Gasteiger partial charge < -0.3 is 0 Å². The molecule has 0 amide bonds. The first-order valence-electron chi connectivity index (χ1n) is 7.93. The van der Waals surface area contributed by atoms with Crippen LogP contribution in [0.5, 0.6) is 0 Å². The number of hydrogen-bond acceptors (Lipinski definition) is 2. The lowest BCUT2D eigenvalue weighted by molar-refractivity contribution is -0.117. The molecule has 3 aliphatic carbocycles. The van der Waals surface area contributed by atoms with Crippen molar-refractivity contribution in [1.82, 2.24) is 0 Å². The van der Waals surface area contributed by atoms with Gasteiger partial charge in [0.05, 0.1) is 0 Å². The summed E-state index contributed by atoms with van der Waals surface area (Å²) in [4.78, 5) is 23.0. The summed E-state index contributed by atoms with van der Waals surface area (Å²) in [6.45, 7) is 4.74. The molecule has 2 heteroatoms. The summed E-state index contributed by atoms with van der Waals surface area (Å²) < 4.78 is 0. The SMILES string of the molecule is CC1(C)[C@@H]2CCC(=O)C=C2CC[C@@H]1[C@H]1C=CC(=O)CC1. The van der Waals surface area contributed by atoms with Crippen molar-refractivity contribution in [3.8, 4) is 0 Å². The van der Waals surface area contributed by atoms with Crippen LogP contribution in [0.25, 0.3) is 0 Å². The third-order valence-corrected chi connectivity index (χ3v) is 5.84. The Kier molecular flexibility index (Phi) is 3.43. The van der Waals surface area contributed by atoms with Crippen LogP contribution in [-0.2, 0) is 9.59 Å². The molecule has 3 atom stereocenters. The fourth-order valence-corrected chi connectivity index (χ4v) is 4.72. The molecular formula is C18H24O2. The number of allylic oxidation sites excluding steroid dienone is 4. The van der Waals surface area contributed by atoms with Crippen molar-refractivity contribution < 1.29 is 9.59 Å². The maximum atomic E-state index is 11.6. The van der Waals surface area contributed by atoms with E-state index in [1.54, 1.807) is 6.08 Å². The second-order valence-electron chi connectivity index (χ2n) is 7.27. The van der Waals surface area contributed by atoms with Gasteiger partial charge in [-0.05, 0) is 61.0 Å². The molecule has 1 fully saturated rings. The Bertz CT molecular complexity index is 496. The van der Waals surface area contributed by atoms with E-state index in [1.807, 2.05) is 6.08 Å². The van der Waals surface area contributed by atoms with Crippen molar-refractivity contribution in [2.24, 2.45) is 23.2 Å². The second kappa shape index (κ2) is 4.98. The van der Waals surface area contributed by atoms with Crippen molar-refractivity contribution in [3.05, 3.63) is 23.8 Å². The van der Waals surface area contributed by atoms with Crippen LogP contribution >= 0.6 is 0 Å². The fourth-order valence-electron chi connectivity index (χ4n) is 4.72. The van der Waals surface area contributed by atoms with Gasteiger partial charge in [-0.3, -0.25) is 9.59 Å². The highest BCUT2D eigenvalue weighted by molar-refractivity contribution is 5.91. The summed E-state index contributed by atoms with van der Waals surface area (Å²) in [7, 11) is 0. The van der Waals surface area contributed by atoms with Gasteiger partial charge in [0.1, 0.15) is 0 Å². The normalized spacial score (nSPS) is 36.5. The summed E-state index contributed by atoms with van der Waals surface area (Å²) in [6, 6.07) is 0. The van der Waals surface area contributed by atoms with E-state index in [2.05, 4.69) is 19.9 Å². The first-order chi connectivity index (χ1) is 9.48. The number of hydrogen-bond donors (Lipinski definition) is 0. The molecule has 0 aliphatic heterocycles. The van der Waals surface area contributed by atoms with Crippen molar-refractivity contribution in [2.45, 2.75) is 52.4 Å². The highest BCUT2D eigenvalue weighted by Crippen LogP contribution is 2.54. The number of carbonyl (C=O) groups is 2. The van der Waals surface area contributed by atoms with Gasteiger partial charge in [-0.25, -0.2) is 0 Å². The molecule has 20 heavy (non-hydrogen) atoms. The second-order valence-corrected chi connectivity index (χ2v) is 7.27. The van der Waals surface area contributed by atoms with E-state index >= 15 is 0 Å². The zero-order chi connectivity index (χ0) is 14.3. The molecule has 0 aromatic rings. The molecule has 0 heterocycles. The van der Waals surface area contributed by atoms with Gasteiger partial charge in [0.2, 0.25) is 0 Å². The predicted octanol–water partition coefficient (Wildman–Crippen LogP) is 3.86. The number of carbonyl (C=O) groups excluding carboxylic acids is 2. The summed E-state index contributed by atoms with van der Waals surface area (Å²) >= 11 is 0. The smallest absolute Gasteiger partial charge is 0.155 e. The standard InChI is InChI=1S/C18H24O2/c1-18(2)16(12-3-6-14(19)7-4-12)9-5-13-11-15(20)8-10-17(13)18/h3,6,11-12,16-17H,4-5,7-10H2,1-2H3/t12-,16+,17+/m0/s1. The van der Waals surface area contributed by atoms with Crippen LogP contribution in [0, 0.1) is 23.2 Å². The molecule has 0 radical (unpaired) electrons. The molecule has 1 saturated carbocycles. The minimum atomic E-state index is 0.236. The first kappa shape index (κ1) is 13.8. The predicted molar refractivity (Wildman–Crippen MR) is 79.2 cm³/mol. The Balaban J connectivity index is 1.85. The summed E-state index contributed by atoms with van der Waals surface area (Å²) in [5.41, 5.74) is 1.62. The quantitative estimate of drug-likeness (QED) is 0.726. The molecule has 0 spiro atoms. The van der Waals surface area contributed by atoms with Crippen molar-refractivity contribution in [1.29, 1.82) is 0 Å². The van der Waals surface area contributed by atoms with E-state index in [4.69, 9.17) is 0 Å². The van der Waals surface area contributed by atoms with Gasteiger partial charge in [0.15, 0.2) is 11.6 Å². The van der Waals surface area contributed by atoms with E-state index in [0.717, 1.165) is 25.7 Å². The molecule has 3 rings (SSSR count). The zero-order valence-electron chi connectivity index (χ0n) is 12.5. The van der Waals surface area contributed by atoms with Gasteiger partial charge >= 0.3 is 0 Å². The van der Waals surface area contributed by atoms with Crippen LogP contribution in [0.2, 0.25) is 0 Å². The monoisotopic (exact) mass is 272 g/mol. The summed E-state index contributed by atoms with van der Waals surface area (Å²) in [5.74, 6) is 2.33. The lowest BCUT2D eigenvalue weighted by atomic mass is 9.54. The van der Waals surface area contributed by atoms with Crippen LogP contribution in [-0.4, -0.2) is 11.6 Å². The molecule has 0 N–H and O–H groups in total. The summed E-state index contributed by atoms with van der Waals surface area (Å²) in [6.07, 6.45) is 11.5. The Hall–Kier alpha value is -1.18. The minimum absolute atomic E-state index is 0.236. The van der Waals surface area contributed by atoms with Gasteiger partial charge in [-0.2, -0.15) is 0 Å². The number of fused-ring (bicyclic) bond motifs is 1. The minimum Gasteiger partial charge on any atom is -0.295 e. The van der Waals surface area contributed by atoms with Crippen LogP contribution < -0.4 is 0 Å². The molecule has 0 aromatic heterocycles. The molecule has 0 bridgehead atoms. The van der Waals surface area contributed by atoms with Gasteiger partial charge in [-0.1, -0.05) is 25.5 Å². The van der Waals surface area contributed by atoms with Gasteiger partial charge in [0.25, 0.3) is 0 Å². The maximum absolute atomic E-state index is 11.6. The highest BCUT2D eigenvalue weighted by Gasteiger charge is 2.46. The van der Waals surface area contributed by atoms with Crippen LogP contribution in [0.15, 0.2) is 23.8 Å². The third-order valence-electron chi connectivity index (χ3n) is 5.84. The van der Waals surface area contributed by atoms with E-state index in [1.165, 1.54) is 5.57 Å². The van der Waals surface area contributed by atoms with Crippen molar-refractivity contribution >= 4 is 11.6 Å². The Morgan fingerprint density at radius 1 is 1.00 bits per heavy atom. The maximum Gasteiger partial charge on any atom is 0.155 e. The zero-order valence-corrected chi connectivity index (χ0v) is 12.5. The van der Waals surface area contributed by atoms with E-state index in [0.29, 0.717) is 36.4 Å². The van der Waals surface area contributed by atoms with E-state index in [9.17, 15) is 9.59 Å². The Labute approximate surface area is 121 Å². The van der Waals surface area contributed by atoms with E-state index < -0.39 is 0 Å². The highest BCUT2D eigenvalue weighted by atomic mass is 16.1. The molecule has 2 nitrogen and oxygen atoms in total. The third kappa shape index (κ3) is 2.30. The summed E-state index contributed by atoms with van der Waals surface area (Å²) in [5, 5.41) is 0. The number of ketones is 2. The lowest BCUT2D eigenvalue weighted by Crippen LogP contribution is -2.43. The van der Waals surface area contributed by atoms with Gasteiger partial charge in [0, 0.05) is 12.8 Å². The largest absolute Gasteiger partial charge is 0.295 e. The van der Waals surface area contributed by atoms with Crippen molar-refractivity contribution in [3.63, 3.8) is 0 Å². The fraction of sp³-hybridized carbons (Fsp3) is 0.667. The van der Waals surface area contributed by atoms with Crippen LogP contribution in [0.1, 0.15) is 52.4 Å². The first-order valence-corrected chi connectivity index (χ1v) is 7.93. The Morgan fingerprint density at radius 3 is 2.45 bits per heavy atom. The molecular weight excluding hydrogens is 248 g/mol. The molecule has 3 aliphatic rings. The van der Waals surface area contributed by atoms with Crippen molar-refractivity contribution in [2.75, 3.05) is 0 Å². The topological polar surface area (TPSA) is 34.1 Å². The molecule has 108 valence electrons. The molecule has 0 aromatic carbocycles. The lowest BCUT2D eigenvalue weighted by Gasteiger charge is -2.50. The Morgan fingerprint density at radius 2 is 1.75 bits per heavy atom. The number of rotatable bonds is 1. The average molecular weight is 272 g/mol.